The number of methoxy groups -OCH3 is 1. The number of nitrogens with zero attached hydrogens (tertiary/aromatic N) is 2. The standard InChI is InChI=1S/C24H34N4O4/c1-17-21(24(30)32-13-12-31-4)18(2)26-22(17)23(29)25-15-19-6-5-7-20(14-19)16-28-10-8-27(3)9-11-28/h5-7,14,26H,8-13,15-16H2,1-4H3,(H,25,29). The summed E-state index contributed by atoms with van der Waals surface area (Å²) in [5.74, 6) is -0.699. The SMILES string of the molecule is COCCOC(=O)c1c(C)[nH]c(C(=O)NCc2cccc(CN3CCN(C)CC3)c2)c1C. The number of carbonyl (C=O) groups excluding carboxylic acids is 2. The van der Waals surface area contributed by atoms with Crippen molar-refractivity contribution in [1.82, 2.24) is 20.1 Å². The molecule has 1 aromatic heterocycles. The molecule has 0 aliphatic carbocycles. The number of H-pyrrole nitrogens is 1. The maximum absolute atomic E-state index is 12.8. The van der Waals surface area contributed by atoms with Gasteiger partial charge in [0.25, 0.3) is 5.91 Å². The van der Waals surface area contributed by atoms with Crippen LogP contribution in [0.1, 0.15) is 43.2 Å². The second-order valence-corrected chi connectivity index (χ2v) is 8.34. The molecule has 1 aromatic carbocycles. The largest absolute Gasteiger partial charge is 0.460 e. The molecule has 1 saturated heterocycles. The summed E-state index contributed by atoms with van der Waals surface area (Å²) in [4.78, 5) is 33.0. The van der Waals surface area contributed by atoms with Gasteiger partial charge in [0, 0.05) is 52.1 Å². The normalized spacial score (nSPS) is 15.0. The van der Waals surface area contributed by atoms with E-state index in [1.807, 2.05) is 12.1 Å². The van der Waals surface area contributed by atoms with Crippen LogP contribution in [0.2, 0.25) is 0 Å². The average Bonchev–Trinajstić information content (AvgIpc) is 3.08. The van der Waals surface area contributed by atoms with Crippen molar-refractivity contribution in [3.8, 4) is 0 Å². The molecule has 2 heterocycles. The van der Waals surface area contributed by atoms with E-state index in [1.54, 1.807) is 21.0 Å². The predicted octanol–water partition coefficient (Wildman–Crippen LogP) is 2.11. The molecule has 0 radical (unpaired) electrons. The fourth-order valence-electron chi connectivity index (χ4n) is 3.95. The third-order valence-corrected chi connectivity index (χ3v) is 5.84. The highest BCUT2D eigenvalue weighted by molar-refractivity contribution is 6.00. The van der Waals surface area contributed by atoms with Crippen LogP contribution in [-0.4, -0.2) is 80.2 Å². The fraction of sp³-hybridized carbons (Fsp3) is 0.500. The number of nitrogens with one attached hydrogen (secondary N) is 2. The van der Waals surface area contributed by atoms with Gasteiger partial charge in [-0.05, 0) is 37.6 Å². The van der Waals surface area contributed by atoms with Crippen molar-refractivity contribution in [1.29, 1.82) is 0 Å². The van der Waals surface area contributed by atoms with Crippen LogP contribution in [0, 0.1) is 13.8 Å². The van der Waals surface area contributed by atoms with Crippen LogP contribution in [0.15, 0.2) is 24.3 Å². The van der Waals surface area contributed by atoms with Gasteiger partial charge < -0.3 is 24.7 Å². The highest BCUT2D eigenvalue weighted by Gasteiger charge is 2.23. The Morgan fingerprint density at radius 3 is 2.53 bits per heavy atom. The Hall–Kier alpha value is -2.68. The summed E-state index contributed by atoms with van der Waals surface area (Å²) in [6.07, 6.45) is 0. The summed E-state index contributed by atoms with van der Waals surface area (Å²) in [6, 6.07) is 8.32. The van der Waals surface area contributed by atoms with Crippen LogP contribution in [0.4, 0.5) is 0 Å². The fourth-order valence-corrected chi connectivity index (χ4v) is 3.95. The summed E-state index contributed by atoms with van der Waals surface area (Å²) in [5.41, 5.74) is 4.28. The Balaban J connectivity index is 1.59. The number of esters is 1. The van der Waals surface area contributed by atoms with Gasteiger partial charge in [-0.15, -0.1) is 0 Å². The van der Waals surface area contributed by atoms with E-state index in [1.165, 1.54) is 5.56 Å². The summed E-state index contributed by atoms with van der Waals surface area (Å²) in [5, 5.41) is 2.96. The topological polar surface area (TPSA) is 86.9 Å². The number of carbonyl (C=O) groups is 2. The minimum Gasteiger partial charge on any atom is -0.460 e. The number of hydrogen-bond donors (Lipinski definition) is 2. The maximum Gasteiger partial charge on any atom is 0.340 e. The van der Waals surface area contributed by atoms with Gasteiger partial charge >= 0.3 is 5.97 Å². The molecule has 1 fully saturated rings. The number of hydrogen-bond acceptors (Lipinski definition) is 6. The van der Waals surface area contributed by atoms with Crippen LogP contribution in [0.3, 0.4) is 0 Å². The second-order valence-electron chi connectivity index (χ2n) is 8.34. The Bertz CT molecular complexity index is 932. The number of aromatic nitrogens is 1. The van der Waals surface area contributed by atoms with E-state index in [4.69, 9.17) is 9.47 Å². The van der Waals surface area contributed by atoms with Gasteiger partial charge in [-0.2, -0.15) is 0 Å². The molecule has 1 amide bonds. The van der Waals surface area contributed by atoms with Crippen molar-refractivity contribution in [2.75, 3.05) is 53.6 Å². The van der Waals surface area contributed by atoms with Crippen molar-refractivity contribution in [3.05, 3.63) is 57.9 Å². The Labute approximate surface area is 189 Å². The Kier molecular flexibility index (Phi) is 8.44. The molecule has 0 atom stereocenters. The zero-order chi connectivity index (χ0) is 23.1. The van der Waals surface area contributed by atoms with E-state index in [9.17, 15) is 9.59 Å². The van der Waals surface area contributed by atoms with Crippen LogP contribution in [0.5, 0.6) is 0 Å². The maximum atomic E-state index is 12.8. The monoisotopic (exact) mass is 442 g/mol. The number of piperazine rings is 1. The highest BCUT2D eigenvalue weighted by Crippen LogP contribution is 2.19. The van der Waals surface area contributed by atoms with Crippen molar-refractivity contribution >= 4 is 11.9 Å². The number of ether oxygens (including phenoxy) is 2. The summed E-state index contributed by atoms with van der Waals surface area (Å²) in [7, 11) is 3.70. The lowest BCUT2D eigenvalue weighted by atomic mass is 10.1. The minimum absolute atomic E-state index is 0.172. The predicted molar refractivity (Wildman–Crippen MR) is 123 cm³/mol. The number of aryl methyl sites for hydroxylation is 1. The van der Waals surface area contributed by atoms with Crippen molar-refractivity contribution in [2.24, 2.45) is 0 Å². The molecule has 1 aliphatic rings. The Morgan fingerprint density at radius 2 is 1.81 bits per heavy atom. The van der Waals surface area contributed by atoms with Gasteiger partial charge in [0.05, 0.1) is 12.2 Å². The van der Waals surface area contributed by atoms with Crippen molar-refractivity contribution < 1.29 is 19.1 Å². The average molecular weight is 443 g/mol. The number of amides is 1. The lowest BCUT2D eigenvalue weighted by Crippen LogP contribution is -2.43. The molecule has 0 bridgehead atoms. The molecule has 0 unspecified atom stereocenters. The Morgan fingerprint density at radius 1 is 1.09 bits per heavy atom. The first kappa shape index (κ1) is 24.0. The van der Waals surface area contributed by atoms with Gasteiger partial charge in [-0.1, -0.05) is 24.3 Å². The first-order valence-electron chi connectivity index (χ1n) is 11.0. The first-order valence-corrected chi connectivity index (χ1v) is 11.0. The molecule has 8 nitrogen and oxygen atoms in total. The quantitative estimate of drug-likeness (QED) is 0.457. The molecule has 0 saturated carbocycles. The smallest absolute Gasteiger partial charge is 0.340 e. The summed E-state index contributed by atoms with van der Waals surface area (Å²) in [6.45, 7) is 9.67. The minimum atomic E-state index is -0.455. The van der Waals surface area contributed by atoms with E-state index < -0.39 is 5.97 Å². The van der Waals surface area contributed by atoms with E-state index in [0.29, 0.717) is 35.7 Å². The molecule has 0 spiro atoms. The summed E-state index contributed by atoms with van der Waals surface area (Å²) >= 11 is 0. The first-order chi connectivity index (χ1) is 15.4. The third kappa shape index (κ3) is 6.18. The lowest BCUT2D eigenvalue weighted by molar-refractivity contribution is 0.0387. The number of rotatable bonds is 9. The molecule has 174 valence electrons. The van der Waals surface area contributed by atoms with Crippen LogP contribution in [0.25, 0.3) is 0 Å². The van der Waals surface area contributed by atoms with Crippen molar-refractivity contribution in [2.45, 2.75) is 26.9 Å². The lowest BCUT2D eigenvalue weighted by Gasteiger charge is -2.32. The molecule has 8 heteroatoms. The molecular formula is C24H34N4O4. The van der Waals surface area contributed by atoms with Crippen molar-refractivity contribution in [3.63, 3.8) is 0 Å². The van der Waals surface area contributed by atoms with E-state index in [0.717, 1.165) is 38.3 Å². The molecule has 2 aromatic rings. The number of benzene rings is 1. The second kappa shape index (κ2) is 11.3. The third-order valence-electron chi connectivity index (χ3n) is 5.84. The van der Waals surface area contributed by atoms with Crippen LogP contribution in [-0.2, 0) is 22.6 Å². The highest BCUT2D eigenvalue weighted by atomic mass is 16.6. The van der Waals surface area contributed by atoms with E-state index in [2.05, 4.69) is 39.3 Å². The molecule has 3 rings (SSSR count). The molecular weight excluding hydrogens is 408 g/mol. The van der Waals surface area contributed by atoms with Crippen LogP contribution >= 0.6 is 0 Å². The number of aromatic amines is 1. The van der Waals surface area contributed by atoms with Gasteiger partial charge in [0.2, 0.25) is 0 Å². The van der Waals surface area contributed by atoms with E-state index >= 15 is 0 Å². The van der Waals surface area contributed by atoms with E-state index in [-0.39, 0.29) is 12.5 Å². The molecule has 2 N–H and O–H groups in total. The zero-order valence-corrected chi connectivity index (χ0v) is 19.5. The summed E-state index contributed by atoms with van der Waals surface area (Å²) < 4.78 is 10.1. The van der Waals surface area contributed by atoms with Gasteiger partial charge in [-0.3, -0.25) is 9.69 Å². The van der Waals surface area contributed by atoms with Crippen LogP contribution < -0.4 is 5.32 Å². The van der Waals surface area contributed by atoms with Gasteiger partial charge in [0.15, 0.2) is 0 Å². The number of likely N-dealkylation sites (N-methyl/N-ethyl adjacent to an activating group) is 1. The van der Waals surface area contributed by atoms with Gasteiger partial charge in [0.1, 0.15) is 12.3 Å². The molecule has 32 heavy (non-hydrogen) atoms. The zero-order valence-electron chi connectivity index (χ0n) is 19.5. The molecule has 1 aliphatic heterocycles. The van der Waals surface area contributed by atoms with Gasteiger partial charge in [-0.25, -0.2) is 4.79 Å².